The molecular weight excluding hydrogens is 254 g/mol. The first-order chi connectivity index (χ1) is 9.74. The molecule has 2 rings (SSSR count). The molecule has 20 heavy (non-hydrogen) atoms. The zero-order chi connectivity index (χ0) is 14.4. The van der Waals surface area contributed by atoms with Gasteiger partial charge in [-0.15, -0.1) is 0 Å². The molecule has 0 spiro atoms. The Morgan fingerprint density at radius 2 is 1.65 bits per heavy atom. The van der Waals surface area contributed by atoms with E-state index in [-0.39, 0.29) is 0 Å². The maximum absolute atomic E-state index is 11.4. The molecule has 0 aliphatic rings. The molecule has 0 aliphatic heterocycles. The molecule has 0 heterocycles. The summed E-state index contributed by atoms with van der Waals surface area (Å²) < 4.78 is 4.62. The second kappa shape index (κ2) is 6.84. The Morgan fingerprint density at radius 1 is 1.05 bits per heavy atom. The fraction of sp³-hybridized carbons (Fsp3) is 0.188. The first-order valence-corrected chi connectivity index (χ1v) is 6.32. The van der Waals surface area contributed by atoms with Crippen LogP contribution in [0.25, 0.3) is 11.1 Å². The van der Waals surface area contributed by atoms with Crippen LogP contribution in [-0.4, -0.2) is 19.2 Å². The monoisotopic (exact) mass is 271 g/mol. The van der Waals surface area contributed by atoms with Crippen LogP contribution in [0.1, 0.15) is 5.56 Å². The largest absolute Gasteiger partial charge is 0.467 e. The van der Waals surface area contributed by atoms with Crippen LogP contribution in [0, 0.1) is 0 Å². The van der Waals surface area contributed by atoms with E-state index in [9.17, 15) is 4.79 Å². The van der Waals surface area contributed by atoms with Crippen LogP contribution >= 0.6 is 0 Å². The fourth-order valence-electron chi connectivity index (χ4n) is 2.00. The summed E-state index contributed by atoms with van der Waals surface area (Å²) in [6.07, 6.45) is -0.388. The summed E-state index contributed by atoms with van der Waals surface area (Å²) in [7, 11) is 1.31. The third-order valence-electron chi connectivity index (χ3n) is 3.11. The second-order valence-corrected chi connectivity index (χ2v) is 4.41. The molecule has 0 aromatic heterocycles. The topological polar surface area (TPSA) is 61.5 Å². The first-order valence-electron chi connectivity index (χ1n) is 6.32. The van der Waals surface area contributed by atoms with Gasteiger partial charge in [-0.05, 0) is 16.7 Å². The maximum atomic E-state index is 11.4. The quantitative estimate of drug-likeness (QED) is 0.669. The van der Waals surface area contributed by atoms with Crippen molar-refractivity contribution in [3.63, 3.8) is 0 Å². The van der Waals surface area contributed by atoms with E-state index in [1.165, 1.54) is 7.11 Å². The summed E-state index contributed by atoms with van der Waals surface area (Å²) in [6.45, 7) is 0. The number of carbonyl (C=O) groups is 1. The van der Waals surface area contributed by atoms with Gasteiger partial charge in [-0.2, -0.15) is 0 Å². The molecule has 1 unspecified atom stereocenters. The lowest BCUT2D eigenvalue weighted by molar-refractivity contribution is -0.154. The van der Waals surface area contributed by atoms with Crippen molar-refractivity contribution < 1.29 is 14.4 Å². The average Bonchev–Trinajstić information content (AvgIpc) is 2.53. The molecule has 104 valence electrons. The molecular formula is C16H17NO3. The van der Waals surface area contributed by atoms with Gasteiger partial charge in [0.15, 0.2) is 6.10 Å². The van der Waals surface area contributed by atoms with Gasteiger partial charge in [0.1, 0.15) is 0 Å². The van der Waals surface area contributed by atoms with E-state index in [4.69, 9.17) is 5.90 Å². The highest BCUT2D eigenvalue weighted by Crippen LogP contribution is 2.20. The van der Waals surface area contributed by atoms with Gasteiger partial charge in [0.05, 0.1) is 7.11 Å². The number of methoxy groups -OCH3 is 1. The SMILES string of the molecule is COC(=O)C(Cc1ccc(-c2ccccc2)cc1)ON. The van der Waals surface area contributed by atoms with Crippen LogP contribution in [0.4, 0.5) is 0 Å². The molecule has 0 aliphatic carbocycles. The Balaban J connectivity index is 2.10. The third kappa shape index (κ3) is 3.44. The summed E-state index contributed by atoms with van der Waals surface area (Å²) in [4.78, 5) is 16.1. The second-order valence-electron chi connectivity index (χ2n) is 4.41. The third-order valence-corrected chi connectivity index (χ3v) is 3.11. The maximum Gasteiger partial charge on any atom is 0.337 e. The van der Waals surface area contributed by atoms with Crippen LogP contribution in [0.3, 0.4) is 0 Å². The van der Waals surface area contributed by atoms with Crippen LogP contribution in [-0.2, 0) is 20.8 Å². The smallest absolute Gasteiger partial charge is 0.337 e. The minimum atomic E-state index is -0.775. The summed E-state index contributed by atoms with van der Waals surface area (Å²) in [6, 6.07) is 18.0. The zero-order valence-electron chi connectivity index (χ0n) is 11.3. The van der Waals surface area contributed by atoms with Crippen LogP contribution in [0.2, 0.25) is 0 Å². The summed E-state index contributed by atoms with van der Waals surface area (Å²) >= 11 is 0. The van der Waals surface area contributed by atoms with Gasteiger partial charge < -0.3 is 4.74 Å². The van der Waals surface area contributed by atoms with Gasteiger partial charge in [0, 0.05) is 6.42 Å². The number of hydrogen-bond donors (Lipinski definition) is 1. The highest BCUT2D eigenvalue weighted by atomic mass is 16.6. The van der Waals surface area contributed by atoms with E-state index in [0.29, 0.717) is 6.42 Å². The molecule has 0 amide bonds. The molecule has 0 saturated carbocycles. The van der Waals surface area contributed by atoms with Gasteiger partial charge in [-0.25, -0.2) is 10.7 Å². The van der Waals surface area contributed by atoms with Crippen molar-refractivity contribution >= 4 is 5.97 Å². The lowest BCUT2D eigenvalue weighted by Crippen LogP contribution is -2.30. The Bertz CT molecular complexity index is 552. The lowest BCUT2D eigenvalue weighted by atomic mass is 10.0. The highest BCUT2D eigenvalue weighted by Gasteiger charge is 2.19. The minimum absolute atomic E-state index is 0.387. The molecule has 2 aromatic carbocycles. The predicted molar refractivity (Wildman–Crippen MR) is 76.7 cm³/mol. The van der Waals surface area contributed by atoms with Crippen LogP contribution < -0.4 is 5.90 Å². The van der Waals surface area contributed by atoms with Gasteiger partial charge in [-0.3, -0.25) is 4.84 Å². The number of ether oxygens (including phenoxy) is 1. The molecule has 2 aromatic rings. The molecule has 4 nitrogen and oxygen atoms in total. The van der Waals surface area contributed by atoms with E-state index in [0.717, 1.165) is 16.7 Å². The van der Waals surface area contributed by atoms with Crippen molar-refractivity contribution in [2.45, 2.75) is 12.5 Å². The minimum Gasteiger partial charge on any atom is -0.467 e. The number of nitrogens with two attached hydrogens (primary N) is 1. The normalized spacial score (nSPS) is 11.9. The van der Waals surface area contributed by atoms with Crippen molar-refractivity contribution in [2.24, 2.45) is 5.90 Å². The Hall–Kier alpha value is -2.17. The van der Waals surface area contributed by atoms with Crippen molar-refractivity contribution in [2.75, 3.05) is 7.11 Å². The average molecular weight is 271 g/mol. The molecule has 0 radical (unpaired) electrons. The standard InChI is InChI=1S/C16H17NO3/c1-19-16(18)15(20-17)11-12-7-9-14(10-8-12)13-5-3-2-4-6-13/h2-10,15H,11,17H2,1H3. The number of esters is 1. The number of benzene rings is 2. The molecule has 0 saturated heterocycles. The van der Waals surface area contributed by atoms with Gasteiger partial charge in [0.2, 0.25) is 0 Å². The van der Waals surface area contributed by atoms with Crippen molar-refractivity contribution in [3.8, 4) is 11.1 Å². The molecule has 2 N–H and O–H groups in total. The highest BCUT2D eigenvalue weighted by molar-refractivity contribution is 5.75. The zero-order valence-corrected chi connectivity index (χ0v) is 11.3. The van der Waals surface area contributed by atoms with E-state index in [1.54, 1.807) is 0 Å². The van der Waals surface area contributed by atoms with E-state index < -0.39 is 12.1 Å². The summed E-state index contributed by atoms with van der Waals surface area (Å²) in [5, 5.41) is 0. The summed E-state index contributed by atoms with van der Waals surface area (Å²) in [5.41, 5.74) is 3.24. The molecule has 4 heteroatoms. The molecule has 0 bridgehead atoms. The van der Waals surface area contributed by atoms with E-state index in [2.05, 4.69) is 21.7 Å². The van der Waals surface area contributed by atoms with Crippen molar-refractivity contribution in [3.05, 3.63) is 60.2 Å². The van der Waals surface area contributed by atoms with Gasteiger partial charge in [0.25, 0.3) is 0 Å². The first kappa shape index (κ1) is 14.2. The Kier molecular flexibility index (Phi) is 4.87. The number of carbonyl (C=O) groups excluding carboxylic acids is 1. The van der Waals surface area contributed by atoms with E-state index in [1.807, 2.05) is 42.5 Å². The van der Waals surface area contributed by atoms with Crippen molar-refractivity contribution in [1.82, 2.24) is 0 Å². The van der Waals surface area contributed by atoms with Crippen LogP contribution in [0.15, 0.2) is 54.6 Å². The fourth-order valence-corrected chi connectivity index (χ4v) is 2.00. The number of rotatable bonds is 5. The number of hydrogen-bond acceptors (Lipinski definition) is 4. The predicted octanol–water partition coefficient (Wildman–Crippen LogP) is 2.33. The summed E-state index contributed by atoms with van der Waals surface area (Å²) in [5.74, 6) is 4.64. The van der Waals surface area contributed by atoms with Crippen molar-refractivity contribution in [1.29, 1.82) is 0 Å². The molecule has 1 atom stereocenters. The Morgan fingerprint density at radius 3 is 2.20 bits per heavy atom. The van der Waals surface area contributed by atoms with Gasteiger partial charge >= 0.3 is 5.97 Å². The van der Waals surface area contributed by atoms with E-state index >= 15 is 0 Å². The Labute approximate surface area is 118 Å². The van der Waals surface area contributed by atoms with Crippen LogP contribution in [0.5, 0.6) is 0 Å². The molecule has 0 fully saturated rings. The van der Waals surface area contributed by atoms with Gasteiger partial charge in [-0.1, -0.05) is 54.6 Å². The lowest BCUT2D eigenvalue weighted by Gasteiger charge is -2.12.